The Morgan fingerprint density at radius 2 is 2.50 bits per heavy atom. The van der Waals surface area contributed by atoms with Crippen LogP contribution in [0.15, 0.2) is 12.7 Å². The van der Waals surface area contributed by atoms with Crippen molar-refractivity contribution >= 4 is 5.91 Å². The van der Waals surface area contributed by atoms with Crippen molar-refractivity contribution in [2.75, 3.05) is 26.2 Å². The molecule has 0 radical (unpaired) electrons. The van der Waals surface area contributed by atoms with E-state index in [1.54, 1.807) is 4.90 Å². The SMILES string of the molecule is O=C(Cn1cncn1)N(CCO)CC1CCCN1. The summed E-state index contributed by atoms with van der Waals surface area (Å²) in [6.07, 6.45) is 5.15. The number of hydrogen-bond acceptors (Lipinski definition) is 5. The van der Waals surface area contributed by atoms with Gasteiger partial charge in [0.05, 0.1) is 6.61 Å². The summed E-state index contributed by atoms with van der Waals surface area (Å²) >= 11 is 0. The smallest absolute Gasteiger partial charge is 0.244 e. The number of rotatable bonds is 6. The van der Waals surface area contributed by atoms with Crippen LogP contribution in [0.1, 0.15) is 12.8 Å². The van der Waals surface area contributed by atoms with Crippen LogP contribution in [0.3, 0.4) is 0 Å². The second-order valence-electron chi connectivity index (χ2n) is 4.45. The van der Waals surface area contributed by atoms with E-state index >= 15 is 0 Å². The number of nitrogens with one attached hydrogen (secondary N) is 1. The zero-order valence-electron chi connectivity index (χ0n) is 10.3. The molecule has 1 unspecified atom stereocenters. The Kier molecular flexibility index (Phi) is 4.66. The van der Waals surface area contributed by atoms with Gasteiger partial charge in [0.2, 0.25) is 5.91 Å². The molecule has 1 aliphatic heterocycles. The average molecular weight is 253 g/mol. The maximum atomic E-state index is 12.1. The topological polar surface area (TPSA) is 83.3 Å². The van der Waals surface area contributed by atoms with Crippen LogP contribution in [0, 0.1) is 0 Å². The van der Waals surface area contributed by atoms with Crippen molar-refractivity contribution in [1.82, 2.24) is 25.0 Å². The predicted octanol–water partition coefficient (Wildman–Crippen LogP) is -1.15. The molecule has 1 atom stereocenters. The number of aliphatic hydroxyl groups excluding tert-OH is 1. The molecule has 0 saturated carbocycles. The normalized spacial score (nSPS) is 19.1. The van der Waals surface area contributed by atoms with Crippen LogP contribution in [-0.2, 0) is 11.3 Å². The highest BCUT2D eigenvalue weighted by Gasteiger charge is 2.21. The van der Waals surface area contributed by atoms with Crippen LogP contribution >= 0.6 is 0 Å². The molecule has 0 spiro atoms. The summed E-state index contributed by atoms with van der Waals surface area (Å²) in [6, 6.07) is 0.344. The van der Waals surface area contributed by atoms with Gasteiger partial charge >= 0.3 is 0 Å². The minimum Gasteiger partial charge on any atom is -0.395 e. The van der Waals surface area contributed by atoms with E-state index < -0.39 is 0 Å². The Balaban J connectivity index is 1.88. The molecule has 1 saturated heterocycles. The molecule has 2 N–H and O–H groups in total. The van der Waals surface area contributed by atoms with Gasteiger partial charge in [-0.1, -0.05) is 0 Å². The van der Waals surface area contributed by atoms with Gasteiger partial charge < -0.3 is 15.3 Å². The third kappa shape index (κ3) is 3.51. The molecule has 0 bridgehead atoms. The quantitative estimate of drug-likeness (QED) is 0.669. The molecule has 2 rings (SSSR count). The fraction of sp³-hybridized carbons (Fsp3) is 0.727. The highest BCUT2D eigenvalue weighted by atomic mass is 16.3. The minimum absolute atomic E-state index is 0.0180. The number of carbonyl (C=O) groups excluding carboxylic acids is 1. The molecule has 1 aromatic heterocycles. The summed E-state index contributed by atoms with van der Waals surface area (Å²) < 4.78 is 1.49. The molecule has 2 heterocycles. The first-order valence-corrected chi connectivity index (χ1v) is 6.24. The Morgan fingerprint density at radius 1 is 1.61 bits per heavy atom. The van der Waals surface area contributed by atoms with Crippen LogP contribution < -0.4 is 5.32 Å². The Morgan fingerprint density at radius 3 is 3.11 bits per heavy atom. The van der Waals surface area contributed by atoms with E-state index in [2.05, 4.69) is 15.4 Å². The van der Waals surface area contributed by atoms with Gasteiger partial charge in [0.1, 0.15) is 19.2 Å². The van der Waals surface area contributed by atoms with Gasteiger partial charge in [-0.25, -0.2) is 9.67 Å². The van der Waals surface area contributed by atoms with Crippen molar-refractivity contribution in [1.29, 1.82) is 0 Å². The van der Waals surface area contributed by atoms with Crippen molar-refractivity contribution < 1.29 is 9.90 Å². The van der Waals surface area contributed by atoms with Crippen molar-refractivity contribution in [3.63, 3.8) is 0 Å². The molecule has 0 aromatic carbocycles. The van der Waals surface area contributed by atoms with Gasteiger partial charge in [0, 0.05) is 19.1 Å². The van der Waals surface area contributed by atoms with Crippen molar-refractivity contribution in [2.45, 2.75) is 25.4 Å². The van der Waals surface area contributed by atoms with Gasteiger partial charge in [-0.3, -0.25) is 4.79 Å². The fourth-order valence-electron chi connectivity index (χ4n) is 2.17. The third-order valence-electron chi connectivity index (χ3n) is 3.09. The Hall–Kier alpha value is -1.47. The third-order valence-corrected chi connectivity index (χ3v) is 3.09. The maximum Gasteiger partial charge on any atom is 0.244 e. The molecule has 7 nitrogen and oxygen atoms in total. The van der Waals surface area contributed by atoms with E-state index in [0.29, 0.717) is 19.1 Å². The summed E-state index contributed by atoms with van der Waals surface area (Å²) in [5.41, 5.74) is 0. The molecule has 18 heavy (non-hydrogen) atoms. The number of hydrogen-bond donors (Lipinski definition) is 2. The van der Waals surface area contributed by atoms with E-state index in [-0.39, 0.29) is 19.1 Å². The van der Waals surface area contributed by atoms with Gasteiger partial charge in [0.15, 0.2) is 0 Å². The van der Waals surface area contributed by atoms with Gasteiger partial charge in [-0.2, -0.15) is 5.10 Å². The van der Waals surface area contributed by atoms with Gasteiger partial charge in [-0.15, -0.1) is 0 Å². The zero-order valence-corrected chi connectivity index (χ0v) is 10.3. The summed E-state index contributed by atoms with van der Waals surface area (Å²) in [5.74, 6) is -0.0387. The molecule has 100 valence electrons. The number of carbonyl (C=O) groups is 1. The largest absolute Gasteiger partial charge is 0.395 e. The monoisotopic (exact) mass is 253 g/mol. The molecule has 1 fully saturated rings. The Bertz CT molecular complexity index is 362. The number of amides is 1. The van der Waals surface area contributed by atoms with Crippen LogP contribution in [0.25, 0.3) is 0 Å². The van der Waals surface area contributed by atoms with Crippen molar-refractivity contribution in [3.8, 4) is 0 Å². The van der Waals surface area contributed by atoms with Crippen molar-refractivity contribution in [3.05, 3.63) is 12.7 Å². The number of aliphatic hydroxyl groups is 1. The lowest BCUT2D eigenvalue weighted by atomic mass is 10.2. The van der Waals surface area contributed by atoms with E-state index in [9.17, 15) is 4.79 Å². The second kappa shape index (κ2) is 6.46. The first-order valence-electron chi connectivity index (χ1n) is 6.24. The standard InChI is InChI=1S/C11H19N5O2/c17-5-4-15(6-10-2-1-3-13-10)11(18)7-16-9-12-8-14-16/h8-10,13,17H,1-7H2. The molecule has 1 aromatic rings. The summed E-state index contributed by atoms with van der Waals surface area (Å²) in [6.45, 7) is 2.18. The molecule has 7 heteroatoms. The fourth-order valence-corrected chi connectivity index (χ4v) is 2.17. The molecule has 1 amide bonds. The average Bonchev–Trinajstić information content (AvgIpc) is 3.01. The highest BCUT2D eigenvalue weighted by Crippen LogP contribution is 2.07. The summed E-state index contributed by atoms with van der Waals surface area (Å²) in [5, 5.41) is 16.3. The lowest BCUT2D eigenvalue weighted by molar-refractivity contribution is -0.132. The van der Waals surface area contributed by atoms with E-state index in [4.69, 9.17) is 5.11 Å². The van der Waals surface area contributed by atoms with E-state index in [0.717, 1.165) is 19.4 Å². The first-order chi connectivity index (χ1) is 8.79. The maximum absolute atomic E-state index is 12.1. The first kappa shape index (κ1) is 13.0. The molecule has 0 aliphatic carbocycles. The second-order valence-corrected chi connectivity index (χ2v) is 4.45. The van der Waals surface area contributed by atoms with Crippen molar-refractivity contribution in [2.24, 2.45) is 0 Å². The zero-order chi connectivity index (χ0) is 12.8. The van der Waals surface area contributed by atoms with Crippen LogP contribution in [0.5, 0.6) is 0 Å². The molecule has 1 aliphatic rings. The lowest BCUT2D eigenvalue weighted by Crippen LogP contribution is -2.43. The highest BCUT2D eigenvalue weighted by molar-refractivity contribution is 5.75. The molecular weight excluding hydrogens is 234 g/mol. The van der Waals surface area contributed by atoms with Gasteiger partial charge in [0.25, 0.3) is 0 Å². The van der Waals surface area contributed by atoms with E-state index in [1.807, 2.05) is 0 Å². The minimum atomic E-state index is -0.0387. The predicted molar refractivity (Wildman–Crippen MR) is 64.7 cm³/mol. The van der Waals surface area contributed by atoms with Crippen LogP contribution in [0.2, 0.25) is 0 Å². The van der Waals surface area contributed by atoms with E-state index in [1.165, 1.54) is 17.3 Å². The summed E-state index contributed by atoms with van der Waals surface area (Å²) in [4.78, 5) is 17.6. The van der Waals surface area contributed by atoms with Crippen LogP contribution in [-0.4, -0.2) is 63.0 Å². The van der Waals surface area contributed by atoms with Gasteiger partial charge in [-0.05, 0) is 19.4 Å². The number of aromatic nitrogens is 3. The molecular formula is C11H19N5O2. The van der Waals surface area contributed by atoms with Crippen LogP contribution in [0.4, 0.5) is 0 Å². The number of nitrogens with zero attached hydrogens (tertiary/aromatic N) is 4. The lowest BCUT2D eigenvalue weighted by Gasteiger charge is -2.25. The Labute approximate surface area is 106 Å². The summed E-state index contributed by atoms with van der Waals surface area (Å²) in [7, 11) is 0.